The first-order chi connectivity index (χ1) is 24.8. The number of rotatable bonds is 9. The summed E-state index contributed by atoms with van der Waals surface area (Å²) < 4.78 is 16.5. The molecule has 282 valence electrons. The van der Waals surface area contributed by atoms with Gasteiger partial charge in [0.15, 0.2) is 6.10 Å². The van der Waals surface area contributed by atoms with Gasteiger partial charge in [0.05, 0.1) is 5.69 Å². The van der Waals surface area contributed by atoms with Crippen molar-refractivity contribution in [2.45, 2.75) is 147 Å². The van der Waals surface area contributed by atoms with Crippen molar-refractivity contribution in [2.75, 3.05) is 19.6 Å². The van der Waals surface area contributed by atoms with Crippen molar-refractivity contribution in [3.8, 4) is 0 Å². The highest BCUT2D eigenvalue weighted by Gasteiger charge is 2.34. The summed E-state index contributed by atoms with van der Waals surface area (Å²) in [5.74, 6) is -0.00421. The Balaban J connectivity index is 0.000000172. The van der Waals surface area contributed by atoms with Gasteiger partial charge in [0, 0.05) is 45.1 Å². The van der Waals surface area contributed by atoms with Crippen molar-refractivity contribution in [2.24, 2.45) is 5.92 Å². The first kappa shape index (κ1) is 40.4. The summed E-state index contributed by atoms with van der Waals surface area (Å²) in [6.07, 6.45) is 18.4. The molecule has 1 aromatic carbocycles. The van der Waals surface area contributed by atoms with E-state index in [0.29, 0.717) is 12.0 Å². The van der Waals surface area contributed by atoms with Crippen LogP contribution in [0.4, 0.5) is 0 Å². The van der Waals surface area contributed by atoms with Gasteiger partial charge in [-0.25, -0.2) is 0 Å². The van der Waals surface area contributed by atoms with Crippen molar-refractivity contribution < 1.29 is 28.6 Å². The van der Waals surface area contributed by atoms with Gasteiger partial charge in [-0.2, -0.15) is 0 Å². The topological polar surface area (TPSA) is 128 Å². The van der Waals surface area contributed by atoms with Crippen molar-refractivity contribution in [3.05, 3.63) is 66.0 Å². The predicted octanol–water partition coefficient (Wildman–Crippen LogP) is 6.90. The minimum atomic E-state index is -0.269. The summed E-state index contributed by atoms with van der Waals surface area (Å²) in [6, 6.07) is 16.5. The summed E-state index contributed by atoms with van der Waals surface area (Å²) in [7, 11) is 0. The summed E-state index contributed by atoms with van der Waals surface area (Å²) in [5.41, 5.74) is 1.89. The number of nitrogens with one attached hydrogen (secondary N) is 3. The lowest BCUT2D eigenvalue weighted by Gasteiger charge is -2.37. The Labute approximate surface area is 305 Å². The molecule has 4 fully saturated rings. The molecule has 10 heteroatoms. The lowest BCUT2D eigenvalue weighted by molar-refractivity contribution is -0.152. The van der Waals surface area contributed by atoms with E-state index in [-0.39, 0.29) is 48.3 Å². The first-order valence-electron chi connectivity index (χ1n) is 19.5. The van der Waals surface area contributed by atoms with E-state index in [1.165, 1.54) is 84.5 Å². The average molecular weight is 707 g/mol. The second kappa shape index (κ2) is 22.6. The molecular formula is C41H62N4O6. The number of ether oxygens (including phenoxy) is 3. The number of hydrogen-bond acceptors (Lipinski definition) is 10. The molecule has 0 amide bonds. The molecule has 6 rings (SSSR count). The fourth-order valence-corrected chi connectivity index (χ4v) is 7.87. The summed E-state index contributed by atoms with van der Waals surface area (Å²) in [6.45, 7) is 7.52. The zero-order valence-corrected chi connectivity index (χ0v) is 31.2. The molecule has 6 unspecified atom stereocenters. The molecule has 6 atom stereocenters. The van der Waals surface area contributed by atoms with Gasteiger partial charge in [-0.15, -0.1) is 0 Å². The van der Waals surface area contributed by atoms with E-state index in [1.54, 1.807) is 13.1 Å². The van der Waals surface area contributed by atoms with Crippen molar-refractivity contribution in [1.29, 1.82) is 0 Å². The van der Waals surface area contributed by atoms with Gasteiger partial charge >= 0.3 is 17.9 Å². The molecule has 1 aromatic heterocycles. The Morgan fingerprint density at radius 2 is 1.06 bits per heavy atom. The van der Waals surface area contributed by atoms with Crippen LogP contribution in [0.2, 0.25) is 0 Å². The van der Waals surface area contributed by atoms with E-state index in [1.807, 2.05) is 48.5 Å². The van der Waals surface area contributed by atoms with Crippen LogP contribution < -0.4 is 16.0 Å². The molecule has 1 aliphatic carbocycles. The van der Waals surface area contributed by atoms with E-state index in [9.17, 15) is 14.4 Å². The highest BCUT2D eigenvalue weighted by atomic mass is 16.6. The minimum absolute atomic E-state index is 0.118. The molecule has 0 spiro atoms. The third-order valence-corrected chi connectivity index (χ3v) is 10.3. The van der Waals surface area contributed by atoms with Gasteiger partial charge < -0.3 is 30.2 Å². The van der Waals surface area contributed by atoms with Crippen LogP contribution in [-0.2, 0) is 28.6 Å². The van der Waals surface area contributed by atoms with Gasteiger partial charge in [-0.05, 0) is 94.6 Å². The number of esters is 3. The number of benzene rings is 1. The average Bonchev–Trinajstić information content (AvgIpc) is 3.17. The van der Waals surface area contributed by atoms with Crippen LogP contribution >= 0.6 is 0 Å². The lowest BCUT2D eigenvalue weighted by atomic mass is 9.81. The van der Waals surface area contributed by atoms with Crippen LogP contribution in [0.1, 0.15) is 134 Å². The summed E-state index contributed by atoms with van der Waals surface area (Å²) in [5, 5.41) is 10.4. The van der Waals surface area contributed by atoms with Gasteiger partial charge in [-0.1, -0.05) is 74.9 Å². The van der Waals surface area contributed by atoms with Crippen molar-refractivity contribution in [1.82, 2.24) is 20.9 Å². The third kappa shape index (κ3) is 14.3. The largest absolute Gasteiger partial charge is 0.461 e. The molecule has 2 aromatic rings. The van der Waals surface area contributed by atoms with E-state index in [2.05, 4.69) is 20.9 Å². The fourth-order valence-electron chi connectivity index (χ4n) is 7.87. The molecule has 3 saturated heterocycles. The maximum Gasteiger partial charge on any atom is 0.303 e. The fraction of sp³-hybridized carbons (Fsp3) is 0.659. The molecular weight excluding hydrogens is 644 g/mol. The van der Waals surface area contributed by atoms with E-state index >= 15 is 0 Å². The monoisotopic (exact) mass is 706 g/mol. The molecule has 51 heavy (non-hydrogen) atoms. The SMILES string of the molecule is CC(=O)OC(C1CCCCC1)C1CCCCN1.CC(=O)OC(c1ccccc1)C1CCCCN1.CC(=O)OC(c1ccccn1)C1CCCCN1. The highest BCUT2D eigenvalue weighted by Crippen LogP contribution is 2.32. The molecule has 3 N–H and O–H groups in total. The first-order valence-corrected chi connectivity index (χ1v) is 19.5. The molecule has 1 saturated carbocycles. The maximum absolute atomic E-state index is 11.3. The molecule has 3 aliphatic heterocycles. The molecule has 0 radical (unpaired) electrons. The number of pyridine rings is 1. The Morgan fingerprint density at radius 1 is 0.569 bits per heavy atom. The second-order valence-corrected chi connectivity index (χ2v) is 14.4. The number of carbonyl (C=O) groups excluding carboxylic acids is 3. The Kier molecular flexibility index (Phi) is 17.9. The second-order valence-electron chi connectivity index (χ2n) is 14.4. The predicted molar refractivity (Wildman–Crippen MR) is 199 cm³/mol. The lowest BCUT2D eigenvalue weighted by Crippen LogP contribution is -2.48. The number of piperidine rings is 3. The molecule has 4 aliphatic rings. The van der Waals surface area contributed by atoms with Crippen LogP contribution in [-0.4, -0.2) is 66.8 Å². The highest BCUT2D eigenvalue weighted by molar-refractivity contribution is 5.67. The van der Waals surface area contributed by atoms with Crippen molar-refractivity contribution >= 4 is 17.9 Å². The molecule has 4 heterocycles. The zero-order valence-electron chi connectivity index (χ0n) is 31.2. The van der Waals surface area contributed by atoms with E-state index in [0.717, 1.165) is 50.2 Å². The number of aromatic nitrogens is 1. The van der Waals surface area contributed by atoms with Crippen LogP contribution in [0.5, 0.6) is 0 Å². The van der Waals surface area contributed by atoms with Crippen LogP contribution in [0.15, 0.2) is 54.7 Å². The summed E-state index contributed by atoms with van der Waals surface area (Å²) in [4.78, 5) is 38.0. The Bertz CT molecular complexity index is 1180. The van der Waals surface area contributed by atoms with E-state index in [4.69, 9.17) is 14.2 Å². The molecule has 10 nitrogen and oxygen atoms in total. The third-order valence-electron chi connectivity index (χ3n) is 10.3. The van der Waals surface area contributed by atoms with Crippen LogP contribution in [0.3, 0.4) is 0 Å². The van der Waals surface area contributed by atoms with Gasteiger partial charge in [0.25, 0.3) is 0 Å². The Morgan fingerprint density at radius 3 is 1.55 bits per heavy atom. The minimum Gasteiger partial charge on any atom is -0.461 e. The van der Waals surface area contributed by atoms with Crippen LogP contribution in [0, 0.1) is 5.92 Å². The smallest absolute Gasteiger partial charge is 0.303 e. The zero-order chi connectivity index (χ0) is 36.3. The standard InChI is InChI=1S/C14H25NO2.C14H19NO2.C13H18N2O2/c2*1-11(16)17-14(12-7-3-2-4-8-12)13-9-5-6-10-15-13;1-10(16)17-13(11-6-2-4-8-14-11)12-7-3-5-9-15-12/h12-15H,2-10H2,1H3;2-4,7-8,13-15H,5-6,9-10H2,1H3;2,4,6,8,12-13,15H,3,5,7,9H2,1H3. The number of nitrogens with zero attached hydrogens (tertiary/aromatic N) is 1. The van der Waals surface area contributed by atoms with Gasteiger partial charge in [-0.3, -0.25) is 19.4 Å². The van der Waals surface area contributed by atoms with E-state index < -0.39 is 0 Å². The summed E-state index contributed by atoms with van der Waals surface area (Å²) >= 11 is 0. The molecule has 0 bridgehead atoms. The Hall–Kier alpha value is -3.34. The normalized spacial score (nSPS) is 24.1. The van der Waals surface area contributed by atoms with Crippen LogP contribution in [0.25, 0.3) is 0 Å². The number of hydrogen-bond donors (Lipinski definition) is 3. The number of carbonyl (C=O) groups is 3. The quantitative estimate of drug-likeness (QED) is 0.187. The van der Waals surface area contributed by atoms with Crippen molar-refractivity contribution in [3.63, 3.8) is 0 Å². The van der Waals surface area contributed by atoms with Gasteiger partial charge in [0.2, 0.25) is 0 Å². The van der Waals surface area contributed by atoms with Gasteiger partial charge in [0.1, 0.15) is 12.2 Å². The maximum atomic E-state index is 11.3.